The number of carbonyl (C=O) groups excluding carboxylic acids is 1. The molecule has 0 aromatic heterocycles. The Labute approximate surface area is 249 Å². The summed E-state index contributed by atoms with van der Waals surface area (Å²) in [4.78, 5) is 23.1. The molecule has 2 saturated heterocycles. The van der Waals surface area contributed by atoms with Gasteiger partial charge in [0.2, 0.25) is 5.91 Å². The summed E-state index contributed by atoms with van der Waals surface area (Å²) in [6, 6.07) is 14.9. The summed E-state index contributed by atoms with van der Waals surface area (Å²) < 4.78 is 38.9. The van der Waals surface area contributed by atoms with Crippen LogP contribution in [0.4, 0.5) is 18.9 Å². The number of amides is 1. The first-order valence-electron chi connectivity index (χ1n) is 15.7. The Morgan fingerprint density at radius 3 is 2.07 bits per heavy atom. The summed E-state index contributed by atoms with van der Waals surface area (Å²) in [5.74, 6) is -0.0944. The predicted octanol–water partition coefficient (Wildman–Crippen LogP) is 6.68. The lowest BCUT2D eigenvalue weighted by molar-refractivity contribution is -0.137. The molecular weight excluding hydrogens is 537 g/mol. The van der Waals surface area contributed by atoms with Crippen molar-refractivity contribution in [2.75, 3.05) is 44.2 Å². The molecular formula is C34H45F3N4O. The van der Waals surface area contributed by atoms with E-state index in [1.165, 1.54) is 49.6 Å². The molecule has 0 spiro atoms. The van der Waals surface area contributed by atoms with E-state index < -0.39 is 11.7 Å². The Kier molecular flexibility index (Phi) is 9.94. The summed E-state index contributed by atoms with van der Waals surface area (Å²) in [5.41, 5.74) is 2.20. The van der Waals surface area contributed by atoms with E-state index in [0.29, 0.717) is 24.2 Å². The van der Waals surface area contributed by atoms with Gasteiger partial charge >= 0.3 is 6.18 Å². The van der Waals surface area contributed by atoms with Crippen LogP contribution in [-0.2, 0) is 17.5 Å². The van der Waals surface area contributed by atoms with Crippen molar-refractivity contribution in [1.29, 1.82) is 0 Å². The maximum atomic E-state index is 13.6. The van der Waals surface area contributed by atoms with Crippen molar-refractivity contribution in [2.45, 2.75) is 83.2 Å². The van der Waals surface area contributed by atoms with Gasteiger partial charge in [0.1, 0.15) is 0 Å². The van der Waals surface area contributed by atoms with E-state index in [-0.39, 0.29) is 11.9 Å². The number of alkyl halides is 3. The lowest BCUT2D eigenvalue weighted by atomic mass is 9.99. The third-order valence-electron chi connectivity index (χ3n) is 9.42. The number of piperazine rings is 1. The maximum absolute atomic E-state index is 13.6. The molecule has 1 saturated carbocycles. The Balaban J connectivity index is 1.26. The van der Waals surface area contributed by atoms with Gasteiger partial charge < -0.3 is 14.7 Å². The van der Waals surface area contributed by atoms with Crippen LogP contribution in [0, 0.1) is 0 Å². The molecule has 42 heavy (non-hydrogen) atoms. The van der Waals surface area contributed by atoms with Crippen molar-refractivity contribution in [3.63, 3.8) is 0 Å². The summed E-state index contributed by atoms with van der Waals surface area (Å²) in [7, 11) is 0. The fourth-order valence-electron chi connectivity index (χ4n) is 6.77. The number of piperidine rings is 1. The van der Waals surface area contributed by atoms with Gasteiger partial charge in [-0.2, -0.15) is 13.2 Å². The summed E-state index contributed by atoms with van der Waals surface area (Å²) in [6.07, 6.45) is 5.84. The predicted molar refractivity (Wildman–Crippen MR) is 163 cm³/mol. The van der Waals surface area contributed by atoms with Gasteiger partial charge in [-0.25, -0.2) is 0 Å². The van der Waals surface area contributed by atoms with E-state index in [4.69, 9.17) is 0 Å². The molecule has 0 atom stereocenters. The highest BCUT2D eigenvalue weighted by atomic mass is 19.4. The van der Waals surface area contributed by atoms with Crippen molar-refractivity contribution in [1.82, 2.24) is 14.7 Å². The smallest absolute Gasteiger partial charge is 0.369 e. The van der Waals surface area contributed by atoms with Crippen molar-refractivity contribution in [3.05, 3.63) is 71.3 Å². The largest absolute Gasteiger partial charge is 0.416 e. The first-order chi connectivity index (χ1) is 20.2. The van der Waals surface area contributed by atoms with E-state index in [0.717, 1.165) is 69.8 Å². The number of benzene rings is 2. The van der Waals surface area contributed by atoms with Crippen LogP contribution in [0.5, 0.6) is 0 Å². The molecule has 228 valence electrons. The minimum Gasteiger partial charge on any atom is -0.369 e. The van der Waals surface area contributed by atoms with Crippen LogP contribution in [0.15, 0.2) is 54.6 Å². The van der Waals surface area contributed by atoms with Gasteiger partial charge in [-0.05, 0) is 81.0 Å². The molecule has 8 heteroatoms. The second-order valence-electron chi connectivity index (χ2n) is 12.4. The van der Waals surface area contributed by atoms with Gasteiger partial charge in [-0.1, -0.05) is 37.1 Å². The molecule has 5 rings (SSSR count). The molecule has 2 aliphatic heterocycles. The van der Waals surface area contributed by atoms with Crippen molar-refractivity contribution < 1.29 is 18.0 Å². The van der Waals surface area contributed by atoms with Gasteiger partial charge in [-0.3, -0.25) is 9.69 Å². The summed E-state index contributed by atoms with van der Waals surface area (Å²) in [6.45, 7) is 11.2. The van der Waals surface area contributed by atoms with Crippen LogP contribution in [-0.4, -0.2) is 78.0 Å². The average Bonchev–Trinajstić information content (AvgIpc) is 3.54. The normalized spacial score (nSPS) is 20.2. The quantitative estimate of drug-likeness (QED) is 0.325. The molecule has 3 fully saturated rings. The second-order valence-corrected chi connectivity index (χ2v) is 12.4. The molecule has 2 aromatic carbocycles. The Morgan fingerprint density at radius 1 is 0.881 bits per heavy atom. The first kappa shape index (κ1) is 30.6. The van der Waals surface area contributed by atoms with E-state index in [1.54, 1.807) is 6.08 Å². The second kappa shape index (κ2) is 13.6. The molecule has 0 N–H and O–H groups in total. The maximum Gasteiger partial charge on any atom is 0.416 e. The van der Waals surface area contributed by atoms with E-state index in [9.17, 15) is 18.0 Å². The molecule has 2 aromatic rings. The van der Waals surface area contributed by atoms with Crippen LogP contribution < -0.4 is 4.90 Å². The Morgan fingerprint density at radius 2 is 1.50 bits per heavy atom. The van der Waals surface area contributed by atoms with Crippen LogP contribution in [0.3, 0.4) is 0 Å². The molecule has 1 aliphatic carbocycles. The minimum absolute atomic E-state index is 0.0944. The van der Waals surface area contributed by atoms with Crippen LogP contribution >= 0.6 is 0 Å². The summed E-state index contributed by atoms with van der Waals surface area (Å²) >= 11 is 0. The van der Waals surface area contributed by atoms with Gasteiger partial charge in [-0.15, -0.1) is 0 Å². The minimum atomic E-state index is -4.37. The van der Waals surface area contributed by atoms with Crippen molar-refractivity contribution >= 4 is 17.7 Å². The van der Waals surface area contributed by atoms with Crippen LogP contribution in [0.2, 0.25) is 0 Å². The summed E-state index contributed by atoms with van der Waals surface area (Å²) in [5, 5.41) is 0. The number of hydrogen-bond acceptors (Lipinski definition) is 4. The number of carbonyl (C=O) groups is 1. The zero-order valence-electron chi connectivity index (χ0n) is 25.0. The zero-order chi connectivity index (χ0) is 29.7. The van der Waals surface area contributed by atoms with E-state index >= 15 is 0 Å². The molecule has 5 nitrogen and oxygen atoms in total. The molecule has 2 heterocycles. The van der Waals surface area contributed by atoms with E-state index in [2.05, 4.69) is 52.8 Å². The number of anilines is 1. The molecule has 0 radical (unpaired) electrons. The highest BCUT2D eigenvalue weighted by Crippen LogP contribution is 2.30. The van der Waals surface area contributed by atoms with Crippen molar-refractivity contribution in [2.24, 2.45) is 0 Å². The number of halogens is 3. The third kappa shape index (κ3) is 7.75. The number of rotatable bonds is 8. The topological polar surface area (TPSA) is 30.0 Å². The Bertz CT molecular complexity index is 1170. The van der Waals surface area contributed by atoms with Crippen LogP contribution in [0.1, 0.15) is 69.1 Å². The third-order valence-corrected chi connectivity index (χ3v) is 9.42. The SMILES string of the molecule is CC(C)N1CCN(c2ccc(CN(C(=O)/C=C/c3ccc(C(F)(F)F)cc3)C3CCN(C4CCCC4)CC3)cc2)CC1. The monoisotopic (exact) mass is 582 g/mol. The molecule has 0 bridgehead atoms. The van der Waals surface area contributed by atoms with Gasteiger partial charge in [0.05, 0.1) is 5.56 Å². The molecule has 3 aliphatic rings. The first-order valence-corrected chi connectivity index (χ1v) is 15.7. The van der Waals surface area contributed by atoms with Crippen LogP contribution in [0.25, 0.3) is 6.08 Å². The van der Waals surface area contributed by atoms with Crippen molar-refractivity contribution in [3.8, 4) is 0 Å². The van der Waals surface area contributed by atoms with Gasteiger partial charge in [0.25, 0.3) is 0 Å². The lowest BCUT2D eigenvalue weighted by Crippen LogP contribution is -2.49. The number of likely N-dealkylation sites (tertiary alicyclic amines) is 1. The zero-order valence-corrected chi connectivity index (χ0v) is 25.0. The average molecular weight is 583 g/mol. The highest BCUT2D eigenvalue weighted by Gasteiger charge is 2.32. The van der Waals surface area contributed by atoms with Gasteiger partial charge in [0.15, 0.2) is 0 Å². The Hall–Kier alpha value is -2.84. The molecule has 0 unspecified atom stereocenters. The standard InChI is InChI=1S/C34H45F3N4O/c1-26(2)38-21-23-40(24-22-38)31-14-9-28(10-15-31)25-41(32-17-19-39(20-18-32)30-5-3-4-6-30)33(42)16-11-27-7-12-29(13-8-27)34(35,36)37/h7-16,26,30,32H,3-6,17-25H2,1-2H3/b16-11+. The fraction of sp³-hybridized carbons (Fsp3) is 0.559. The molecule has 1 amide bonds. The highest BCUT2D eigenvalue weighted by molar-refractivity contribution is 5.92. The van der Waals surface area contributed by atoms with E-state index in [1.807, 2.05) is 4.90 Å². The lowest BCUT2D eigenvalue weighted by Gasteiger charge is -2.40. The van der Waals surface area contributed by atoms with Gasteiger partial charge in [0, 0.05) is 75.7 Å². The number of hydrogen-bond donors (Lipinski definition) is 0. The fourth-order valence-corrected chi connectivity index (χ4v) is 6.77. The number of nitrogens with zero attached hydrogens (tertiary/aromatic N) is 4.